The molecular formula is C16H19N3O3. The number of amides is 1. The Morgan fingerprint density at radius 2 is 2.05 bits per heavy atom. The van der Waals surface area contributed by atoms with E-state index in [1.807, 2.05) is 0 Å². The van der Waals surface area contributed by atoms with Gasteiger partial charge in [-0.3, -0.25) is 14.9 Å². The van der Waals surface area contributed by atoms with E-state index in [0.717, 1.165) is 32.5 Å². The van der Waals surface area contributed by atoms with E-state index in [1.54, 1.807) is 18.2 Å². The molecule has 0 aliphatic carbocycles. The van der Waals surface area contributed by atoms with E-state index >= 15 is 0 Å². The number of hydrogen-bond donors (Lipinski definition) is 1. The monoisotopic (exact) mass is 301 g/mol. The molecule has 0 aromatic heterocycles. The van der Waals surface area contributed by atoms with Crippen LogP contribution in [0.2, 0.25) is 0 Å². The lowest BCUT2D eigenvalue weighted by Crippen LogP contribution is -2.57. The van der Waals surface area contributed by atoms with Gasteiger partial charge < -0.3 is 10.2 Å². The summed E-state index contributed by atoms with van der Waals surface area (Å²) in [6.45, 7) is 3.17. The molecule has 0 spiro atoms. The van der Waals surface area contributed by atoms with E-state index in [1.165, 1.54) is 18.2 Å². The van der Waals surface area contributed by atoms with Crippen molar-refractivity contribution < 1.29 is 9.72 Å². The average Bonchev–Trinajstić information content (AvgIpc) is 2.54. The number of nitro groups is 1. The summed E-state index contributed by atoms with van der Waals surface area (Å²) in [5.41, 5.74) is 0.450. The molecule has 6 heteroatoms. The normalized spacial score (nSPS) is 27.0. The zero-order chi connectivity index (χ0) is 15.5. The fraction of sp³-hybridized carbons (Fsp3) is 0.438. The third-order valence-electron chi connectivity index (χ3n) is 4.53. The van der Waals surface area contributed by atoms with Gasteiger partial charge in [0.05, 0.1) is 10.5 Å². The summed E-state index contributed by atoms with van der Waals surface area (Å²) >= 11 is 0. The number of fused-ring (bicyclic) bond motifs is 3. The third-order valence-corrected chi connectivity index (χ3v) is 4.53. The number of para-hydroxylation sites is 1. The molecule has 6 nitrogen and oxygen atoms in total. The maximum atomic E-state index is 12.1. The predicted octanol–water partition coefficient (Wildman–Crippen LogP) is 1.82. The van der Waals surface area contributed by atoms with Crippen LogP contribution in [0.1, 0.15) is 18.4 Å². The highest BCUT2D eigenvalue weighted by Gasteiger charge is 2.34. The number of nitrogens with one attached hydrogen (secondary N) is 1. The molecule has 22 heavy (non-hydrogen) atoms. The van der Waals surface area contributed by atoms with Crippen molar-refractivity contribution in [1.82, 2.24) is 10.2 Å². The van der Waals surface area contributed by atoms with Gasteiger partial charge in [0.15, 0.2) is 0 Å². The van der Waals surface area contributed by atoms with E-state index in [4.69, 9.17) is 0 Å². The summed E-state index contributed by atoms with van der Waals surface area (Å²) in [4.78, 5) is 24.9. The maximum absolute atomic E-state index is 12.1. The lowest BCUT2D eigenvalue weighted by atomic mass is 9.84. The molecule has 0 saturated carbocycles. The fourth-order valence-electron chi connectivity index (χ4n) is 3.32. The molecule has 2 bridgehead atoms. The molecule has 1 N–H and O–H groups in total. The first-order valence-corrected chi connectivity index (χ1v) is 7.58. The van der Waals surface area contributed by atoms with Gasteiger partial charge >= 0.3 is 0 Å². The highest BCUT2D eigenvalue weighted by atomic mass is 16.6. The molecule has 1 aromatic rings. The van der Waals surface area contributed by atoms with Gasteiger partial charge in [-0.2, -0.15) is 0 Å². The minimum atomic E-state index is -0.440. The zero-order valence-electron chi connectivity index (χ0n) is 12.3. The summed E-state index contributed by atoms with van der Waals surface area (Å²) in [5.74, 6) is 0.380. The molecule has 0 unspecified atom stereocenters. The van der Waals surface area contributed by atoms with Crippen LogP contribution in [0.4, 0.5) is 5.69 Å². The number of carbonyl (C=O) groups is 1. The van der Waals surface area contributed by atoms with Crippen molar-refractivity contribution in [3.05, 3.63) is 46.0 Å². The topological polar surface area (TPSA) is 75.5 Å². The van der Waals surface area contributed by atoms with Crippen molar-refractivity contribution in [2.45, 2.75) is 18.9 Å². The van der Waals surface area contributed by atoms with Gasteiger partial charge in [-0.25, -0.2) is 0 Å². The second kappa shape index (κ2) is 6.27. The smallest absolute Gasteiger partial charge is 0.276 e. The Bertz CT molecular complexity index is 606. The van der Waals surface area contributed by atoms with Crippen LogP contribution in [-0.2, 0) is 4.79 Å². The van der Waals surface area contributed by atoms with Crippen LogP contribution in [0.3, 0.4) is 0 Å². The molecule has 3 aliphatic heterocycles. The third kappa shape index (κ3) is 3.17. The quantitative estimate of drug-likeness (QED) is 0.523. The van der Waals surface area contributed by atoms with Gasteiger partial charge in [-0.15, -0.1) is 0 Å². The van der Waals surface area contributed by atoms with Crippen molar-refractivity contribution in [3.63, 3.8) is 0 Å². The molecule has 4 rings (SSSR count). The Morgan fingerprint density at radius 1 is 1.32 bits per heavy atom. The Kier molecular flexibility index (Phi) is 4.20. The molecule has 3 aliphatic rings. The summed E-state index contributed by atoms with van der Waals surface area (Å²) in [7, 11) is 0. The van der Waals surface area contributed by atoms with Gasteiger partial charge in [-0.1, -0.05) is 12.1 Å². The van der Waals surface area contributed by atoms with E-state index in [-0.39, 0.29) is 17.6 Å². The largest absolute Gasteiger partial charge is 0.348 e. The van der Waals surface area contributed by atoms with E-state index in [9.17, 15) is 14.9 Å². The van der Waals surface area contributed by atoms with Crippen LogP contribution in [0.15, 0.2) is 30.3 Å². The molecule has 3 saturated heterocycles. The summed E-state index contributed by atoms with van der Waals surface area (Å²) < 4.78 is 0. The number of nitro benzene ring substituents is 1. The number of piperidine rings is 3. The molecular weight excluding hydrogens is 282 g/mol. The minimum Gasteiger partial charge on any atom is -0.348 e. The van der Waals surface area contributed by atoms with Crippen molar-refractivity contribution >= 4 is 17.7 Å². The number of rotatable bonds is 4. The van der Waals surface area contributed by atoms with Crippen molar-refractivity contribution in [1.29, 1.82) is 0 Å². The Balaban J connectivity index is 1.63. The minimum absolute atomic E-state index is 0.00869. The first kappa shape index (κ1) is 14.7. The SMILES string of the molecule is O=C(C=Cc1ccccc1[N+](=O)[O-])N[C@@H]1CN2CCC1CC2. The highest BCUT2D eigenvalue weighted by Crippen LogP contribution is 2.27. The number of benzene rings is 1. The molecule has 0 radical (unpaired) electrons. The van der Waals surface area contributed by atoms with E-state index < -0.39 is 4.92 Å². The van der Waals surface area contributed by atoms with Crippen LogP contribution >= 0.6 is 0 Å². The Morgan fingerprint density at radius 3 is 2.68 bits per heavy atom. The van der Waals surface area contributed by atoms with Crippen LogP contribution in [0, 0.1) is 16.0 Å². The van der Waals surface area contributed by atoms with Crippen molar-refractivity contribution in [3.8, 4) is 0 Å². The van der Waals surface area contributed by atoms with Gasteiger partial charge in [0.1, 0.15) is 0 Å². The zero-order valence-corrected chi connectivity index (χ0v) is 12.3. The van der Waals surface area contributed by atoms with E-state index in [0.29, 0.717) is 11.5 Å². The Labute approximate surface area is 129 Å². The highest BCUT2D eigenvalue weighted by molar-refractivity contribution is 5.92. The average molecular weight is 301 g/mol. The summed E-state index contributed by atoms with van der Waals surface area (Å²) in [6, 6.07) is 6.60. The van der Waals surface area contributed by atoms with Crippen molar-refractivity contribution in [2.75, 3.05) is 19.6 Å². The van der Waals surface area contributed by atoms with Crippen molar-refractivity contribution in [2.24, 2.45) is 5.92 Å². The molecule has 1 amide bonds. The first-order chi connectivity index (χ1) is 10.6. The number of hydrogen-bond acceptors (Lipinski definition) is 4. The lowest BCUT2D eigenvalue weighted by molar-refractivity contribution is -0.385. The Hall–Kier alpha value is -2.21. The lowest BCUT2D eigenvalue weighted by Gasteiger charge is -2.44. The van der Waals surface area contributed by atoms with Gasteiger partial charge in [0, 0.05) is 24.7 Å². The fourth-order valence-corrected chi connectivity index (χ4v) is 3.32. The van der Waals surface area contributed by atoms with Crippen LogP contribution < -0.4 is 5.32 Å². The van der Waals surface area contributed by atoms with Crippen LogP contribution in [-0.4, -0.2) is 41.4 Å². The standard InChI is InChI=1S/C16H19N3O3/c20-16(17-14-11-18-9-7-12(14)8-10-18)6-5-13-3-1-2-4-15(13)19(21)22/h1-6,12,14H,7-11H2,(H,17,20)/t14-/m1/s1. The van der Waals surface area contributed by atoms with Gasteiger partial charge in [0.2, 0.25) is 5.91 Å². The van der Waals surface area contributed by atoms with Gasteiger partial charge in [-0.05, 0) is 44.0 Å². The second-order valence-electron chi connectivity index (χ2n) is 5.90. The molecule has 3 fully saturated rings. The van der Waals surface area contributed by atoms with E-state index in [2.05, 4.69) is 10.2 Å². The number of carbonyl (C=O) groups excluding carboxylic acids is 1. The predicted molar refractivity (Wildman–Crippen MR) is 83.2 cm³/mol. The molecule has 116 valence electrons. The maximum Gasteiger partial charge on any atom is 0.276 e. The molecule has 1 atom stereocenters. The second-order valence-corrected chi connectivity index (χ2v) is 5.90. The number of nitrogens with zero attached hydrogens (tertiary/aromatic N) is 2. The van der Waals surface area contributed by atoms with Crippen LogP contribution in [0.25, 0.3) is 6.08 Å². The molecule has 1 aromatic carbocycles. The first-order valence-electron chi connectivity index (χ1n) is 7.58. The molecule has 3 heterocycles. The van der Waals surface area contributed by atoms with Gasteiger partial charge in [0.25, 0.3) is 5.69 Å². The summed E-state index contributed by atoms with van der Waals surface area (Å²) in [5, 5.41) is 14.0. The van der Waals surface area contributed by atoms with Crippen LogP contribution in [0.5, 0.6) is 0 Å². The summed E-state index contributed by atoms with van der Waals surface area (Å²) in [6.07, 6.45) is 5.17.